The summed E-state index contributed by atoms with van der Waals surface area (Å²) >= 11 is 0. The Balaban J connectivity index is 2.74. The molecule has 24 heavy (non-hydrogen) atoms. The second-order valence-electron chi connectivity index (χ2n) is 6.18. The fraction of sp³-hybridized carbons (Fsp3) is 0.588. The molecule has 1 rings (SSSR count). The third-order valence-electron chi connectivity index (χ3n) is 3.50. The van der Waals surface area contributed by atoms with Gasteiger partial charge in [-0.3, -0.25) is 4.79 Å². The molecule has 1 atom stereocenters. The molecular weight excluding hydrogens is 328 g/mol. The first-order chi connectivity index (χ1) is 11.2. The normalized spacial score (nSPS) is 12.9. The molecule has 0 heterocycles. The standard InChI is InChI=1S/C17H28N2O4S/c1-6-23-16-8-7-15(11-13(16)4)24(21,22)19-14(5)17(20)18-10-9-12(2)3/h7-8,11-12,14,19H,6,9-10H2,1-5H3,(H,18,20)/t14-/m1/s1. The van der Waals surface area contributed by atoms with Gasteiger partial charge in [-0.1, -0.05) is 13.8 Å². The van der Waals surface area contributed by atoms with Crippen molar-refractivity contribution in [3.8, 4) is 5.75 Å². The summed E-state index contributed by atoms with van der Waals surface area (Å²) in [7, 11) is -3.77. The Morgan fingerprint density at radius 1 is 1.25 bits per heavy atom. The number of amides is 1. The zero-order chi connectivity index (χ0) is 18.3. The topological polar surface area (TPSA) is 84.5 Å². The number of aryl methyl sites for hydroxylation is 1. The molecule has 0 radical (unpaired) electrons. The predicted molar refractivity (Wildman–Crippen MR) is 94.6 cm³/mol. The van der Waals surface area contributed by atoms with Crippen LogP contribution in [-0.2, 0) is 14.8 Å². The van der Waals surface area contributed by atoms with Crippen LogP contribution in [0.5, 0.6) is 5.75 Å². The SMILES string of the molecule is CCOc1ccc(S(=O)(=O)N[C@H](C)C(=O)NCCC(C)C)cc1C. The van der Waals surface area contributed by atoms with E-state index in [1.165, 1.54) is 19.1 Å². The van der Waals surface area contributed by atoms with Gasteiger partial charge < -0.3 is 10.1 Å². The van der Waals surface area contributed by atoms with Crippen LogP contribution in [-0.4, -0.2) is 33.5 Å². The summed E-state index contributed by atoms with van der Waals surface area (Å²) in [6.45, 7) is 10.4. The molecule has 2 N–H and O–H groups in total. The number of carbonyl (C=O) groups is 1. The maximum Gasteiger partial charge on any atom is 0.241 e. The summed E-state index contributed by atoms with van der Waals surface area (Å²) < 4.78 is 32.7. The Morgan fingerprint density at radius 2 is 1.92 bits per heavy atom. The highest BCUT2D eigenvalue weighted by Crippen LogP contribution is 2.21. The molecule has 0 aliphatic heterocycles. The largest absolute Gasteiger partial charge is 0.494 e. The molecule has 0 fully saturated rings. The van der Waals surface area contributed by atoms with Gasteiger partial charge in [-0.05, 0) is 56.9 Å². The molecule has 0 aliphatic rings. The van der Waals surface area contributed by atoms with Gasteiger partial charge in [0.05, 0.1) is 17.5 Å². The van der Waals surface area contributed by atoms with Crippen LogP contribution in [0.1, 0.15) is 39.7 Å². The van der Waals surface area contributed by atoms with Crippen molar-refractivity contribution in [1.29, 1.82) is 0 Å². The number of hydrogen-bond donors (Lipinski definition) is 2. The molecule has 0 bridgehead atoms. The van der Waals surface area contributed by atoms with Crippen LogP contribution >= 0.6 is 0 Å². The monoisotopic (exact) mass is 356 g/mol. The van der Waals surface area contributed by atoms with Gasteiger partial charge in [0.2, 0.25) is 15.9 Å². The number of sulfonamides is 1. The van der Waals surface area contributed by atoms with Crippen molar-refractivity contribution >= 4 is 15.9 Å². The zero-order valence-electron chi connectivity index (χ0n) is 15.0. The molecule has 0 saturated carbocycles. The van der Waals surface area contributed by atoms with Crippen molar-refractivity contribution in [2.75, 3.05) is 13.2 Å². The second-order valence-corrected chi connectivity index (χ2v) is 7.89. The molecule has 1 amide bonds. The van der Waals surface area contributed by atoms with Crippen LogP contribution in [0.2, 0.25) is 0 Å². The van der Waals surface area contributed by atoms with E-state index in [0.29, 0.717) is 24.8 Å². The van der Waals surface area contributed by atoms with E-state index in [9.17, 15) is 13.2 Å². The molecule has 6 nitrogen and oxygen atoms in total. The van der Waals surface area contributed by atoms with Gasteiger partial charge in [-0.2, -0.15) is 4.72 Å². The van der Waals surface area contributed by atoms with E-state index in [4.69, 9.17) is 4.74 Å². The van der Waals surface area contributed by atoms with Gasteiger partial charge in [-0.25, -0.2) is 8.42 Å². The van der Waals surface area contributed by atoms with E-state index in [0.717, 1.165) is 12.0 Å². The van der Waals surface area contributed by atoms with E-state index in [-0.39, 0.29) is 10.8 Å². The minimum Gasteiger partial charge on any atom is -0.494 e. The van der Waals surface area contributed by atoms with Crippen molar-refractivity contribution in [2.45, 2.75) is 52.0 Å². The summed E-state index contributed by atoms with van der Waals surface area (Å²) in [6.07, 6.45) is 0.850. The molecule has 0 unspecified atom stereocenters. The lowest BCUT2D eigenvalue weighted by Crippen LogP contribution is -2.45. The highest BCUT2D eigenvalue weighted by molar-refractivity contribution is 7.89. The van der Waals surface area contributed by atoms with Gasteiger partial charge in [0.1, 0.15) is 5.75 Å². The van der Waals surface area contributed by atoms with E-state index < -0.39 is 16.1 Å². The van der Waals surface area contributed by atoms with Gasteiger partial charge in [0.25, 0.3) is 0 Å². The highest BCUT2D eigenvalue weighted by Gasteiger charge is 2.22. The number of hydrogen-bond acceptors (Lipinski definition) is 4. The van der Waals surface area contributed by atoms with Crippen molar-refractivity contribution < 1.29 is 17.9 Å². The van der Waals surface area contributed by atoms with E-state index in [2.05, 4.69) is 23.9 Å². The van der Waals surface area contributed by atoms with Crippen LogP contribution < -0.4 is 14.8 Å². The van der Waals surface area contributed by atoms with Crippen LogP contribution in [0.25, 0.3) is 0 Å². The van der Waals surface area contributed by atoms with Crippen LogP contribution in [0, 0.1) is 12.8 Å². The Morgan fingerprint density at radius 3 is 2.46 bits per heavy atom. The highest BCUT2D eigenvalue weighted by atomic mass is 32.2. The lowest BCUT2D eigenvalue weighted by atomic mass is 10.1. The number of ether oxygens (including phenoxy) is 1. The van der Waals surface area contributed by atoms with Crippen LogP contribution in [0.4, 0.5) is 0 Å². The molecule has 0 spiro atoms. The smallest absolute Gasteiger partial charge is 0.241 e. The summed E-state index contributed by atoms with van der Waals surface area (Å²) in [5.41, 5.74) is 0.730. The van der Waals surface area contributed by atoms with Gasteiger partial charge >= 0.3 is 0 Å². The fourth-order valence-corrected chi connectivity index (χ4v) is 3.39. The second kappa shape index (κ2) is 9.03. The minimum absolute atomic E-state index is 0.116. The van der Waals surface area contributed by atoms with Gasteiger partial charge in [-0.15, -0.1) is 0 Å². The number of benzene rings is 1. The zero-order valence-corrected chi connectivity index (χ0v) is 15.9. The van der Waals surface area contributed by atoms with Crippen molar-refractivity contribution in [2.24, 2.45) is 5.92 Å². The van der Waals surface area contributed by atoms with Crippen LogP contribution in [0.15, 0.2) is 23.1 Å². The molecule has 136 valence electrons. The molecular formula is C17H28N2O4S. The molecule has 1 aromatic carbocycles. The average Bonchev–Trinajstić information content (AvgIpc) is 2.48. The summed E-state index contributed by atoms with van der Waals surface area (Å²) in [5.74, 6) is 0.793. The van der Waals surface area contributed by atoms with Gasteiger partial charge in [0.15, 0.2) is 0 Å². The first-order valence-electron chi connectivity index (χ1n) is 8.20. The minimum atomic E-state index is -3.77. The quantitative estimate of drug-likeness (QED) is 0.710. The molecule has 1 aromatic rings. The third-order valence-corrected chi connectivity index (χ3v) is 5.04. The van der Waals surface area contributed by atoms with E-state index in [1.807, 2.05) is 6.92 Å². The summed E-state index contributed by atoms with van der Waals surface area (Å²) in [4.78, 5) is 12.1. The van der Waals surface area contributed by atoms with Crippen molar-refractivity contribution in [3.63, 3.8) is 0 Å². The first kappa shape index (κ1) is 20.4. The molecule has 0 aromatic heterocycles. The lowest BCUT2D eigenvalue weighted by molar-refractivity contribution is -0.122. The Labute approximate surface area is 145 Å². The van der Waals surface area contributed by atoms with Crippen LogP contribution in [0.3, 0.4) is 0 Å². The van der Waals surface area contributed by atoms with Crippen molar-refractivity contribution in [3.05, 3.63) is 23.8 Å². The first-order valence-corrected chi connectivity index (χ1v) is 9.69. The Hall–Kier alpha value is -1.60. The molecule has 0 saturated heterocycles. The lowest BCUT2D eigenvalue weighted by Gasteiger charge is -2.16. The summed E-state index contributed by atoms with van der Waals surface area (Å²) in [5, 5.41) is 2.74. The molecule has 7 heteroatoms. The predicted octanol–water partition coefficient (Wildman–Crippen LogP) is 2.22. The Kier molecular flexibility index (Phi) is 7.69. The fourth-order valence-electron chi connectivity index (χ4n) is 2.10. The summed E-state index contributed by atoms with van der Waals surface area (Å²) in [6, 6.07) is 3.80. The number of nitrogens with one attached hydrogen (secondary N) is 2. The number of carbonyl (C=O) groups excluding carboxylic acids is 1. The maximum atomic E-state index is 12.4. The van der Waals surface area contributed by atoms with E-state index in [1.54, 1.807) is 13.0 Å². The average molecular weight is 356 g/mol. The maximum absolute atomic E-state index is 12.4. The Bertz CT molecular complexity index is 657. The molecule has 0 aliphatic carbocycles. The van der Waals surface area contributed by atoms with Crippen molar-refractivity contribution in [1.82, 2.24) is 10.0 Å². The van der Waals surface area contributed by atoms with Gasteiger partial charge in [0, 0.05) is 6.54 Å². The third kappa shape index (κ3) is 6.13. The van der Waals surface area contributed by atoms with E-state index >= 15 is 0 Å². The number of rotatable bonds is 9.